The van der Waals surface area contributed by atoms with E-state index in [1.165, 1.54) is 18.2 Å². The van der Waals surface area contributed by atoms with Gasteiger partial charge in [0.25, 0.3) is 5.91 Å². The number of hydrogen-bond acceptors (Lipinski definition) is 4. The van der Waals surface area contributed by atoms with Crippen LogP contribution in [0, 0.1) is 17.1 Å². The standard InChI is InChI=1S/C23H19ClFN3O2/c24-19-12-14(4-9-20(19)25)23(29)28-16-5-7-17(8-6-16)30-21-10-11-27-22-15(13-26)2-1-3-18(21)22/h1-4,9-12,16-17H,5-8H2,(H,28,29). The van der Waals surface area contributed by atoms with Gasteiger partial charge in [0.1, 0.15) is 17.6 Å². The molecule has 1 aromatic heterocycles. The van der Waals surface area contributed by atoms with Crippen LogP contribution in [0.15, 0.2) is 48.7 Å². The summed E-state index contributed by atoms with van der Waals surface area (Å²) in [6.45, 7) is 0. The number of aromatic nitrogens is 1. The predicted octanol–water partition coefficient (Wildman–Crippen LogP) is 5.02. The van der Waals surface area contributed by atoms with E-state index in [2.05, 4.69) is 16.4 Å². The maximum absolute atomic E-state index is 13.3. The van der Waals surface area contributed by atoms with Crippen molar-refractivity contribution in [3.63, 3.8) is 0 Å². The topological polar surface area (TPSA) is 75.0 Å². The summed E-state index contributed by atoms with van der Waals surface area (Å²) in [5.74, 6) is -0.0904. The molecular formula is C23H19ClFN3O2. The van der Waals surface area contributed by atoms with E-state index in [1.54, 1.807) is 12.3 Å². The third-order valence-electron chi connectivity index (χ3n) is 5.34. The molecule has 30 heavy (non-hydrogen) atoms. The Kier molecular flexibility index (Phi) is 5.82. The third kappa shape index (κ3) is 4.22. The Hall–Kier alpha value is -3.17. The summed E-state index contributed by atoms with van der Waals surface area (Å²) in [6.07, 6.45) is 4.80. The first kappa shape index (κ1) is 20.1. The van der Waals surface area contributed by atoms with E-state index in [0.717, 1.165) is 31.1 Å². The van der Waals surface area contributed by atoms with Crippen LogP contribution < -0.4 is 10.1 Å². The van der Waals surface area contributed by atoms with Crippen LogP contribution in [0.1, 0.15) is 41.6 Å². The summed E-state index contributed by atoms with van der Waals surface area (Å²) in [5.41, 5.74) is 1.50. The number of ether oxygens (including phenoxy) is 1. The van der Waals surface area contributed by atoms with Gasteiger partial charge < -0.3 is 10.1 Å². The Morgan fingerprint density at radius 2 is 2.00 bits per heavy atom. The average molecular weight is 424 g/mol. The lowest BCUT2D eigenvalue weighted by Crippen LogP contribution is -2.39. The van der Waals surface area contributed by atoms with Gasteiger partial charge in [-0.1, -0.05) is 17.7 Å². The number of pyridine rings is 1. The minimum Gasteiger partial charge on any atom is -0.490 e. The van der Waals surface area contributed by atoms with Crippen molar-refractivity contribution in [3.05, 3.63) is 70.6 Å². The minimum absolute atomic E-state index is 0.0229. The van der Waals surface area contributed by atoms with Crippen molar-refractivity contribution >= 4 is 28.4 Å². The molecule has 1 saturated carbocycles. The van der Waals surface area contributed by atoms with Crippen LogP contribution in [-0.2, 0) is 0 Å². The van der Waals surface area contributed by atoms with Gasteiger partial charge in [0.15, 0.2) is 0 Å². The first-order valence-corrected chi connectivity index (χ1v) is 10.1. The number of carbonyl (C=O) groups is 1. The highest BCUT2D eigenvalue weighted by Gasteiger charge is 2.25. The smallest absolute Gasteiger partial charge is 0.251 e. The molecule has 1 heterocycles. The van der Waals surface area contributed by atoms with E-state index in [9.17, 15) is 14.4 Å². The van der Waals surface area contributed by atoms with Crippen LogP contribution in [0.4, 0.5) is 4.39 Å². The summed E-state index contributed by atoms with van der Waals surface area (Å²) in [4.78, 5) is 16.7. The molecule has 0 bridgehead atoms. The number of amides is 1. The molecule has 1 fully saturated rings. The van der Waals surface area contributed by atoms with Crippen LogP contribution in [0.5, 0.6) is 5.75 Å². The lowest BCUT2D eigenvalue weighted by atomic mass is 9.92. The number of rotatable bonds is 4. The summed E-state index contributed by atoms with van der Waals surface area (Å²) in [7, 11) is 0. The molecule has 0 unspecified atom stereocenters. The second-order valence-corrected chi connectivity index (χ2v) is 7.72. The summed E-state index contributed by atoms with van der Waals surface area (Å²) in [6, 6.07) is 13.4. The Bertz CT molecular complexity index is 1140. The van der Waals surface area contributed by atoms with Crippen molar-refractivity contribution < 1.29 is 13.9 Å². The molecule has 1 amide bonds. The molecule has 152 valence electrons. The van der Waals surface area contributed by atoms with Gasteiger partial charge in [0.2, 0.25) is 0 Å². The Morgan fingerprint density at radius 1 is 1.20 bits per heavy atom. The molecule has 0 spiro atoms. The lowest BCUT2D eigenvalue weighted by molar-refractivity contribution is 0.0895. The van der Waals surface area contributed by atoms with Crippen LogP contribution in [-0.4, -0.2) is 23.0 Å². The van der Waals surface area contributed by atoms with Gasteiger partial charge in [-0.2, -0.15) is 5.26 Å². The fourth-order valence-corrected chi connectivity index (χ4v) is 3.93. The van der Waals surface area contributed by atoms with E-state index >= 15 is 0 Å². The SMILES string of the molecule is N#Cc1cccc2c(OC3CCC(NC(=O)c4ccc(F)c(Cl)c4)CC3)ccnc12. The monoisotopic (exact) mass is 423 g/mol. The highest BCUT2D eigenvalue weighted by molar-refractivity contribution is 6.31. The molecule has 4 rings (SSSR count). The van der Waals surface area contributed by atoms with Crippen molar-refractivity contribution in [1.82, 2.24) is 10.3 Å². The molecule has 1 aliphatic rings. The van der Waals surface area contributed by atoms with Crippen LogP contribution in [0.2, 0.25) is 5.02 Å². The lowest BCUT2D eigenvalue weighted by Gasteiger charge is -2.30. The molecule has 2 aromatic carbocycles. The fraction of sp³-hybridized carbons (Fsp3) is 0.261. The number of nitrogens with one attached hydrogen (secondary N) is 1. The number of hydrogen-bond donors (Lipinski definition) is 1. The Balaban J connectivity index is 1.37. The van der Waals surface area contributed by atoms with E-state index in [4.69, 9.17) is 16.3 Å². The number of halogens is 2. The zero-order chi connectivity index (χ0) is 21.1. The summed E-state index contributed by atoms with van der Waals surface area (Å²) < 4.78 is 19.5. The molecule has 0 radical (unpaired) electrons. The second kappa shape index (κ2) is 8.68. The quantitative estimate of drug-likeness (QED) is 0.639. The molecule has 1 N–H and O–H groups in total. The van der Waals surface area contributed by atoms with Crippen molar-refractivity contribution in [2.24, 2.45) is 0 Å². The molecule has 5 nitrogen and oxygen atoms in total. The summed E-state index contributed by atoms with van der Waals surface area (Å²) >= 11 is 5.76. The molecule has 0 atom stereocenters. The zero-order valence-corrected chi connectivity index (χ0v) is 16.8. The van der Waals surface area contributed by atoms with Crippen molar-refractivity contribution in [2.45, 2.75) is 37.8 Å². The molecular weight excluding hydrogens is 405 g/mol. The summed E-state index contributed by atoms with van der Waals surface area (Å²) in [5, 5.41) is 13.0. The van der Waals surface area contributed by atoms with Gasteiger partial charge in [0, 0.05) is 23.2 Å². The van der Waals surface area contributed by atoms with Crippen LogP contribution >= 0.6 is 11.6 Å². The van der Waals surface area contributed by atoms with E-state index in [1.807, 2.05) is 18.2 Å². The van der Waals surface area contributed by atoms with Crippen molar-refractivity contribution in [2.75, 3.05) is 0 Å². The maximum atomic E-state index is 13.3. The normalized spacial score (nSPS) is 18.6. The van der Waals surface area contributed by atoms with E-state index < -0.39 is 5.82 Å². The number of nitriles is 1. The molecule has 7 heteroatoms. The molecule has 0 saturated heterocycles. The van der Waals surface area contributed by atoms with Crippen LogP contribution in [0.3, 0.4) is 0 Å². The van der Waals surface area contributed by atoms with E-state index in [-0.39, 0.29) is 23.1 Å². The molecule has 3 aromatic rings. The minimum atomic E-state index is -0.545. The zero-order valence-electron chi connectivity index (χ0n) is 16.1. The van der Waals surface area contributed by atoms with Gasteiger partial charge in [-0.15, -0.1) is 0 Å². The second-order valence-electron chi connectivity index (χ2n) is 7.32. The average Bonchev–Trinajstić information content (AvgIpc) is 2.76. The highest BCUT2D eigenvalue weighted by atomic mass is 35.5. The maximum Gasteiger partial charge on any atom is 0.251 e. The fourth-order valence-electron chi connectivity index (χ4n) is 3.75. The van der Waals surface area contributed by atoms with Crippen molar-refractivity contribution in [1.29, 1.82) is 5.26 Å². The number of fused-ring (bicyclic) bond motifs is 1. The van der Waals surface area contributed by atoms with Gasteiger partial charge in [-0.05, 0) is 62.1 Å². The molecule has 0 aliphatic heterocycles. The number of benzene rings is 2. The van der Waals surface area contributed by atoms with Crippen LogP contribution in [0.25, 0.3) is 10.9 Å². The highest BCUT2D eigenvalue weighted by Crippen LogP contribution is 2.30. The first-order chi connectivity index (χ1) is 14.5. The van der Waals surface area contributed by atoms with Crippen molar-refractivity contribution in [3.8, 4) is 11.8 Å². The Morgan fingerprint density at radius 3 is 2.73 bits per heavy atom. The number of nitrogens with zero attached hydrogens (tertiary/aromatic N) is 2. The molecule has 1 aliphatic carbocycles. The van der Waals surface area contributed by atoms with E-state index in [0.29, 0.717) is 22.4 Å². The number of carbonyl (C=O) groups excluding carboxylic acids is 1. The third-order valence-corrected chi connectivity index (χ3v) is 5.63. The van der Waals surface area contributed by atoms with Gasteiger partial charge >= 0.3 is 0 Å². The van der Waals surface area contributed by atoms with Gasteiger partial charge in [0.05, 0.1) is 22.2 Å². The Labute approximate surface area is 178 Å². The number of para-hydroxylation sites is 1. The van der Waals surface area contributed by atoms with Gasteiger partial charge in [-0.3, -0.25) is 9.78 Å². The first-order valence-electron chi connectivity index (χ1n) is 9.75. The largest absolute Gasteiger partial charge is 0.490 e. The van der Waals surface area contributed by atoms with Gasteiger partial charge in [-0.25, -0.2) is 4.39 Å². The predicted molar refractivity (Wildman–Crippen MR) is 112 cm³/mol.